The first-order valence-electron chi connectivity index (χ1n) is 10.4. The molecule has 1 aliphatic carbocycles. The number of ether oxygens (including phenoxy) is 2. The SMILES string of the molecule is CN=C(NCC(c1ccc(OC)c(OC)c1)N(C)C)NCC1(c2ccccc2)CC1.I. The second-order valence-electron chi connectivity index (χ2n) is 8.05. The van der Waals surface area contributed by atoms with Gasteiger partial charge in [0.25, 0.3) is 0 Å². The summed E-state index contributed by atoms with van der Waals surface area (Å²) in [5, 5.41) is 7.03. The molecule has 0 saturated heterocycles. The molecule has 1 saturated carbocycles. The molecular formula is C24H35IN4O2. The highest BCUT2D eigenvalue weighted by molar-refractivity contribution is 14.0. The summed E-state index contributed by atoms with van der Waals surface area (Å²) in [5.74, 6) is 2.30. The van der Waals surface area contributed by atoms with Gasteiger partial charge in [0.1, 0.15) is 0 Å². The fourth-order valence-electron chi connectivity index (χ4n) is 3.84. The van der Waals surface area contributed by atoms with Crippen LogP contribution in [-0.4, -0.2) is 59.3 Å². The van der Waals surface area contributed by atoms with Gasteiger partial charge in [-0.1, -0.05) is 36.4 Å². The van der Waals surface area contributed by atoms with Crippen LogP contribution in [0.3, 0.4) is 0 Å². The first-order valence-corrected chi connectivity index (χ1v) is 10.4. The molecule has 1 fully saturated rings. The van der Waals surface area contributed by atoms with E-state index in [1.54, 1.807) is 14.2 Å². The monoisotopic (exact) mass is 538 g/mol. The maximum atomic E-state index is 5.48. The van der Waals surface area contributed by atoms with Crippen LogP contribution in [0.5, 0.6) is 11.5 Å². The highest BCUT2D eigenvalue weighted by atomic mass is 127. The summed E-state index contributed by atoms with van der Waals surface area (Å²) in [6.07, 6.45) is 2.43. The van der Waals surface area contributed by atoms with Crippen LogP contribution in [0, 0.1) is 0 Å². The Morgan fingerprint density at radius 1 is 1.03 bits per heavy atom. The summed E-state index contributed by atoms with van der Waals surface area (Å²) in [6, 6.07) is 17.0. The van der Waals surface area contributed by atoms with Crippen LogP contribution < -0.4 is 20.1 Å². The number of rotatable bonds is 9. The molecule has 6 nitrogen and oxygen atoms in total. The molecule has 2 aromatic rings. The van der Waals surface area contributed by atoms with E-state index in [1.807, 2.05) is 19.2 Å². The van der Waals surface area contributed by atoms with E-state index in [-0.39, 0.29) is 35.4 Å². The Balaban J connectivity index is 0.00000341. The van der Waals surface area contributed by atoms with E-state index < -0.39 is 0 Å². The Kier molecular flexibility index (Phi) is 9.43. The van der Waals surface area contributed by atoms with Gasteiger partial charge in [-0.15, -0.1) is 24.0 Å². The minimum Gasteiger partial charge on any atom is -0.493 e. The van der Waals surface area contributed by atoms with E-state index in [1.165, 1.54) is 18.4 Å². The molecule has 170 valence electrons. The quantitative estimate of drug-likeness (QED) is 0.289. The highest BCUT2D eigenvalue weighted by Crippen LogP contribution is 2.47. The molecule has 0 heterocycles. The zero-order valence-electron chi connectivity index (χ0n) is 19.1. The molecule has 0 aliphatic heterocycles. The second-order valence-corrected chi connectivity index (χ2v) is 8.05. The van der Waals surface area contributed by atoms with Gasteiger partial charge in [0.15, 0.2) is 17.5 Å². The lowest BCUT2D eigenvalue weighted by Crippen LogP contribution is -2.44. The van der Waals surface area contributed by atoms with Gasteiger partial charge in [-0.05, 0) is 50.2 Å². The standard InChI is InChI=1S/C24H34N4O2.HI/c1-25-23(27-17-24(13-14-24)19-9-7-6-8-10-19)26-16-20(28(2)3)18-11-12-21(29-4)22(15-18)30-5;/h6-12,15,20H,13-14,16-17H2,1-5H3,(H2,25,26,27);1H. The normalized spacial score (nSPS) is 15.6. The van der Waals surface area contributed by atoms with Gasteiger partial charge >= 0.3 is 0 Å². The molecule has 31 heavy (non-hydrogen) atoms. The number of hydrogen-bond acceptors (Lipinski definition) is 4. The number of likely N-dealkylation sites (N-methyl/N-ethyl adjacent to an activating group) is 1. The molecule has 1 aliphatic rings. The van der Waals surface area contributed by atoms with Gasteiger partial charge in [-0.2, -0.15) is 0 Å². The minimum absolute atomic E-state index is 0. The lowest BCUT2D eigenvalue weighted by Gasteiger charge is -2.27. The average molecular weight is 538 g/mol. The fraction of sp³-hybridized carbons (Fsp3) is 0.458. The van der Waals surface area contributed by atoms with Crippen LogP contribution in [0.1, 0.15) is 30.0 Å². The number of guanidine groups is 1. The Hall–Kier alpha value is -2.00. The summed E-state index contributed by atoms with van der Waals surface area (Å²) in [6.45, 7) is 1.61. The number of benzene rings is 2. The van der Waals surface area contributed by atoms with Crippen molar-refractivity contribution in [3.8, 4) is 11.5 Å². The smallest absolute Gasteiger partial charge is 0.191 e. The Morgan fingerprint density at radius 2 is 1.71 bits per heavy atom. The fourth-order valence-corrected chi connectivity index (χ4v) is 3.84. The molecule has 2 aromatic carbocycles. The number of methoxy groups -OCH3 is 2. The predicted molar refractivity (Wildman–Crippen MR) is 138 cm³/mol. The topological polar surface area (TPSA) is 58.1 Å². The second kappa shape index (κ2) is 11.6. The third-order valence-electron chi connectivity index (χ3n) is 5.94. The van der Waals surface area contributed by atoms with E-state index in [9.17, 15) is 0 Å². The van der Waals surface area contributed by atoms with Gasteiger partial charge in [-0.25, -0.2) is 0 Å². The van der Waals surface area contributed by atoms with E-state index in [0.29, 0.717) is 0 Å². The molecule has 2 N–H and O–H groups in total. The molecule has 0 aromatic heterocycles. The van der Waals surface area contributed by atoms with Crippen molar-refractivity contribution in [1.82, 2.24) is 15.5 Å². The molecule has 0 amide bonds. The number of halogens is 1. The van der Waals surface area contributed by atoms with E-state index >= 15 is 0 Å². The Morgan fingerprint density at radius 3 is 2.26 bits per heavy atom. The molecule has 0 radical (unpaired) electrons. The summed E-state index contributed by atoms with van der Waals surface area (Å²) in [5.41, 5.74) is 2.80. The van der Waals surface area contributed by atoms with Gasteiger partial charge in [0.05, 0.1) is 20.3 Å². The van der Waals surface area contributed by atoms with Crippen LogP contribution in [0.2, 0.25) is 0 Å². The predicted octanol–water partition coefficient (Wildman–Crippen LogP) is 3.82. The summed E-state index contributed by atoms with van der Waals surface area (Å²) >= 11 is 0. The van der Waals surface area contributed by atoms with Crippen molar-refractivity contribution in [3.05, 3.63) is 59.7 Å². The first-order chi connectivity index (χ1) is 14.5. The molecular weight excluding hydrogens is 503 g/mol. The van der Waals surface area contributed by atoms with Gasteiger partial charge in [0.2, 0.25) is 0 Å². The van der Waals surface area contributed by atoms with E-state index in [2.05, 4.69) is 71.0 Å². The maximum absolute atomic E-state index is 5.48. The molecule has 7 heteroatoms. The van der Waals surface area contributed by atoms with Gasteiger partial charge in [-0.3, -0.25) is 4.99 Å². The third kappa shape index (κ3) is 6.26. The van der Waals surface area contributed by atoms with Crippen LogP contribution >= 0.6 is 24.0 Å². The number of nitrogens with one attached hydrogen (secondary N) is 2. The van der Waals surface area contributed by atoms with Gasteiger partial charge < -0.3 is 25.0 Å². The zero-order chi connectivity index (χ0) is 21.6. The third-order valence-corrected chi connectivity index (χ3v) is 5.94. The lowest BCUT2D eigenvalue weighted by atomic mass is 9.96. The van der Waals surface area contributed by atoms with Crippen LogP contribution in [0.25, 0.3) is 0 Å². The Labute approximate surface area is 203 Å². The minimum atomic E-state index is 0. The van der Waals surface area contributed by atoms with E-state index in [4.69, 9.17) is 9.47 Å². The molecule has 0 spiro atoms. The molecule has 3 rings (SSSR count). The average Bonchev–Trinajstić information content (AvgIpc) is 3.57. The van der Waals surface area contributed by atoms with Crippen molar-refractivity contribution in [2.45, 2.75) is 24.3 Å². The molecule has 1 unspecified atom stereocenters. The largest absolute Gasteiger partial charge is 0.493 e. The Bertz CT molecular complexity index is 854. The summed E-state index contributed by atoms with van der Waals surface area (Å²) < 4.78 is 10.8. The van der Waals surface area contributed by atoms with Crippen molar-refractivity contribution < 1.29 is 9.47 Å². The molecule has 0 bridgehead atoms. The van der Waals surface area contributed by atoms with Crippen LogP contribution in [-0.2, 0) is 5.41 Å². The zero-order valence-corrected chi connectivity index (χ0v) is 21.5. The van der Waals surface area contributed by atoms with Crippen molar-refractivity contribution in [2.75, 3.05) is 48.5 Å². The van der Waals surface area contributed by atoms with Crippen molar-refractivity contribution >= 4 is 29.9 Å². The van der Waals surface area contributed by atoms with E-state index in [0.717, 1.165) is 36.1 Å². The lowest BCUT2D eigenvalue weighted by molar-refractivity contribution is 0.295. The number of aliphatic imine (C=N–C) groups is 1. The highest BCUT2D eigenvalue weighted by Gasteiger charge is 2.44. The number of hydrogen-bond donors (Lipinski definition) is 2. The number of nitrogens with zero attached hydrogens (tertiary/aromatic N) is 2. The first kappa shape index (κ1) is 25.3. The molecule has 1 atom stereocenters. The summed E-state index contributed by atoms with van der Waals surface area (Å²) in [4.78, 5) is 6.62. The van der Waals surface area contributed by atoms with Crippen LogP contribution in [0.4, 0.5) is 0 Å². The van der Waals surface area contributed by atoms with Crippen molar-refractivity contribution in [3.63, 3.8) is 0 Å². The van der Waals surface area contributed by atoms with Gasteiger partial charge in [0, 0.05) is 25.6 Å². The maximum Gasteiger partial charge on any atom is 0.191 e. The van der Waals surface area contributed by atoms with Crippen molar-refractivity contribution in [2.24, 2.45) is 4.99 Å². The summed E-state index contributed by atoms with van der Waals surface area (Å²) in [7, 11) is 9.29. The van der Waals surface area contributed by atoms with Crippen molar-refractivity contribution in [1.29, 1.82) is 0 Å². The van der Waals surface area contributed by atoms with Crippen LogP contribution in [0.15, 0.2) is 53.5 Å².